The molecular weight excluding hydrogens is 200 g/mol. The molecular formula is C13H28N2O. The molecule has 2 N–H and O–H groups in total. The van der Waals surface area contributed by atoms with Gasteiger partial charge in [0.2, 0.25) is 0 Å². The van der Waals surface area contributed by atoms with Crippen LogP contribution < -0.4 is 5.73 Å². The van der Waals surface area contributed by atoms with Crippen molar-refractivity contribution < 1.29 is 4.74 Å². The first kappa shape index (κ1) is 13.9. The average Bonchev–Trinajstić information content (AvgIpc) is 2.36. The summed E-state index contributed by atoms with van der Waals surface area (Å²) in [4.78, 5) is 2.50. The first-order valence-electron chi connectivity index (χ1n) is 6.62. The van der Waals surface area contributed by atoms with Gasteiger partial charge in [0.1, 0.15) is 0 Å². The molecule has 1 aliphatic carbocycles. The van der Waals surface area contributed by atoms with Gasteiger partial charge >= 0.3 is 0 Å². The van der Waals surface area contributed by atoms with Gasteiger partial charge in [0.15, 0.2) is 0 Å². The van der Waals surface area contributed by atoms with Crippen LogP contribution in [0.5, 0.6) is 0 Å². The Labute approximate surface area is 100 Å². The molecule has 3 heteroatoms. The van der Waals surface area contributed by atoms with Crippen LogP contribution in [0.15, 0.2) is 0 Å². The standard InChI is InChI=1S/C13H28N2O/c1-4-13(10-14,11-16-3)15(2)12-8-6-5-7-9-12/h12H,4-11,14H2,1-3H3. The van der Waals surface area contributed by atoms with E-state index in [4.69, 9.17) is 10.5 Å². The molecule has 1 fully saturated rings. The fraction of sp³-hybridized carbons (Fsp3) is 1.00. The van der Waals surface area contributed by atoms with Crippen molar-refractivity contribution in [3.63, 3.8) is 0 Å². The minimum Gasteiger partial charge on any atom is -0.383 e. The Bertz CT molecular complexity index is 186. The van der Waals surface area contributed by atoms with Crippen molar-refractivity contribution in [2.75, 3.05) is 27.3 Å². The van der Waals surface area contributed by atoms with Gasteiger partial charge in [0.25, 0.3) is 0 Å². The molecule has 1 saturated carbocycles. The molecule has 0 aromatic heterocycles. The summed E-state index contributed by atoms with van der Waals surface area (Å²) in [6.45, 7) is 3.64. The van der Waals surface area contributed by atoms with Gasteiger partial charge in [-0.05, 0) is 26.3 Å². The number of likely N-dealkylation sites (N-methyl/N-ethyl adjacent to an activating group) is 1. The highest BCUT2D eigenvalue weighted by Crippen LogP contribution is 2.28. The Kier molecular flexibility index (Phi) is 5.73. The predicted molar refractivity (Wildman–Crippen MR) is 68.6 cm³/mol. The second-order valence-corrected chi connectivity index (χ2v) is 5.12. The zero-order valence-corrected chi connectivity index (χ0v) is 11.2. The molecule has 16 heavy (non-hydrogen) atoms. The molecule has 3 nitrogen and oxygen atoms in total. The van der Waals surface area contributed by atoms with E-state index >= 15 is 0 Å². The lowest BCUT2D eigenvalue weighted by molar-refractivity contribution is -0.00642. The number of rotatable bonds is 6. The highest BCUT2D eigenvalue weighted by molar-refractivity contribution is 4.93. The lowest BCUT2D eigenvalue weighted by Crippen LogP contribution is -2.58. The number of methoxy groups -OCH3 is 1. The van der Waals surface area contributed by atoms with E-state index in [0.29, 0.717) is 12.6 Å². The first-order valence-corrected chi connectivity index (χ1v) is 6.62. The van der Waals surface area contributed by atoms with Crippen LogP contribution in [0.4, 0.5) is 0 Å². The van der Waals surface area contributed by atoms with Crippen molar-refractivity contribution >= 4 is 0 Å². The Balaban J connectivity index is 2.67. The lowest BCUT2D eigenvalue weighted by atomic mass is 9.88. The topological polar surface area (TPSA) is 38.5 Å². The van der Waals surface area contributed by atoms with E-state index in [1.165, 1.54) is 32.1 Å². The molecule has 0 aromatic carbocycles. The molecule has 0 amide bonds. The summed E-state index contributed by atoms with van der Waals surface area (Å²) in [6, 6.07) is 0.701. The Hall–Kier alpha value is -0.120. The fourth-order valence-corrected chi connectivity index (χ4v) is 2.92. The predicted octanol–water partition coefficient (Wildman–Crippen LogP) is 2.00. The van der Waals surface area contributed by atoms with Gasteiger partial charge in [-0.3, -0.25) is 4.90 Å². The molecule has 1 unspecified atom stereocenters. The number of hydrogen-bond acceptors (Lipinski definition) is 3. The molecule has 0 radical (unpaired) electrons. The molecule has 0 aliphatic heterocycles. The smallest absolute Gasteiger partial charge is 0.0658 e. The number of hydrogen-bond donors (Lipinski definition) is 1. The summed E-state index contributed by atoms with van der Waals surface area (Å²) in [5, 5.41) is 0. The van der Waals surface area contributed by atoms with E-state index < -0.39 is 0 Å². The van der Waals surface area contributed by atoms with Gasteiger partial charge in [-0.15, -0.1) is 0 Å². The monoisotopic (exact) mass is 228 g/mol. The van der Waals surface area contributed by atoms with E-state index in [0.717, 1.165) is 13.0 Å². The second kappa shape index (κ2) is 6.58. The van der Waals surface area contributed by atoms with Gasteiger partial charge in [-0.25, -0.2) is 0 Å². The summed E-state index contributed by atoms with van der Waals surface area (Å²) in [6.07, 6.45) is 7.84. The van der Waals surface area contributed by atoms with E-state index in [-0.39, 0.29) is 5.54 Å². The van der Waals surface area contributed by atoms with Crippen molar-refractivity contribution in [1.82, 2.24) is 4.90 Å². The Morgan fingerprint density at radius 1 is 1.31 bits per heavy atom. The molecule has 1 aliphatic rings. The minimum absolute atomic E-state index is 0.0384. The zero-order valence-electron chi connectivity index (χ0n) is 11.2. The minimum atomic E-state index is 0.0384. The van der Waals surface area contributed by atoms with E-state index in [1.807, 2.05) is 0 Å². The molecule has 1 rings (SSSR count). The maximum Gasteiger partial charge on any atom is 0.0658 e. The van der Waals surface area contributed by atoms with Crippen LogP contribution in [0.2, 0.25) is 0 Å². The van der Waals surface area contributed by atoms with Crippen molar-refractivity contribution in [3.05, 3.63) is 0 Å². The maximum absolute atomic E-state index is 5.99. The third kappa shape index (κ3) is 2.96. The van der Waals surface area contributed by atoms with Crippen LogP contribution in [0.3, 0.4) is 0 Å². The maximum atomic E-state index is 5.99. The van der Waals surface area contributed by atoms with Crippen LogP contribution in [-0.4, -0.2) is 43.8 Å². The van der Waals surface area contributed by atoms with Crippen molar-refractivity contribution in [3.8, 4) is 0 Å². The largest absolute Gasteiger partial charge is 0.383 e. The van der Waals surface area contributed by atoms with Gasteiger partial charge in [0.05, 0.1) is 12.1 Å². The van der Waals surface area contributed by atoms with Crippen molar-refractivity contribution in [2.24, 2.45) is 5.73 Å². The normalized spacial score (nSPS) is 22.3. The summed E-state index contributed by atoms with van der Waals surface area (Å²) >= 11 is 0. The zero-order chi connectivity index (χ0) is 12.0. The average molecular weight is 228 g/mol. The highest BCUT2D eigenvalue weighted by Gasteiger charge is 2.35. The van der Waals surface area contributed by atoms with Crippen molar-refractivity contribution in [2.45, 2.75) is 57.0 Å². The van der Waals surface area contributed by atoms with E-state index in [1.54, 1.807) is 7.11 Å². The van der Waals surface area contributed by atoms with Crippen LogP contribution in [0, 0.1) is 0 Å². The van der Waals surface area contributed by atoms with Gasteiger partial charge in [0, 0.05) is 19.7 Å². The molecule has 0 saturated heterocycles. The molecule has 0 heterocycles. The molecule has 1 atom stereocenters. The summed E-state index contributed by atoms with van der Waals surface area (Å²) in [5.74, 6) is 0. The van der Waals surface area contributed by atoms with Crippen LogP contribution in [-0.2, 0) is 4.74 Å². The van der Waals surface area contributed by atoms with Crippen LogP contribution >= 0.6 is 0 Å². The van der Waals surface area contributed by atoms with Gasteiger partial charge in [-0.2, -0.15) is 0 Å². The first-order chi connectivity index (χ1) is 7.70. The number of nitrogens with zero attached hydrogens (tertiary/aromatic N) is 1. The highest BCUT2D eigenvalue weighted by atomic mass is 16.5. The number of nitrogens with two attached hydrogens (primary N) is 1. The number of ether oxygens (including phenoxy) is 1. The van der Waals surface area contributed by atoms with Gasteiger partial charge in [-0.1, -0.05) is 26.2 Å². The Morgan fingerprint density at radius 2 is 1.94 bits per heavy atom. The fourth-order valence-electron chi connectivity index (χ4n) is 2.92. The van der Waals surface area contributed by atoms with Crippen molar-refractivity contribution in [1.29, 1.82) is 0 Å². The van der Waals surface area contributed by atoms with E-state index in [2.05, 4.69) is 18.9 Å². The van der Waals surface area contributed by atoms with Crippen LogP contribution in [0.1, 0.15) is 45.4 Å². The second-order valence-electron chi connectivity index (χ2n) is 5.12. The third-order valence-corrected chi connectivity index (χ3v) is 4.32. The summed E-state index contributed by atoms with van der Waals surface area (Å²) in [7, 11) is 4.00. The van der Waals surface area contributed by atoms with Crippen LogP contribution in [0.25, 0.3) is 0 Å². The SMILES string of the molecule is CCC(CN)(COC)N(C)C1CCCCC1. The third-order valence-electron chi connectivity index (χ3n) is 4.32. The molecule has 0 aromatic rings. The Morgan fingerprint density at radius 3 is 2.38 bits per heavy atom. The van der Waals surface area contributed by atoms with Gasteiger partial charge < -0.3 is 10.5 Å². The molecule has 0 bridgehead atoms. The quantitative estimate of drug-likeness (QED) is 0.756. The molecule has 0 spiro atoms. The van der Waals surface area contributed by atoms with E-state index in [9.17, 15) is 0 Å². The summed E-state index contributed by atoms with van der Waals surface area (Å²) in [5.41, 5.74) is 6.03. The summed E-state index contributed by atoms with van der Waals surface area (Å²) < 4.78 is 5.38. The lowest BCUT2D eigenvalue weighted by Gasteiger charge is -2.45. The molecule has 96 valence electrons.